The normalized spacial score (nSPS) is 17.6. The van der Waals surface area contributed by atoms with Crippen LogP contribution < -0.4 is 15.2 Å². The molecule has 4 rings (SSSR count). The SMILES string of the molecule is CCOc1cc([C@@H]2C(C(=O)OC)=C(N)OC3=C2C(=O)CCC3)cc(Cl)c1OCc1ccccc1F. The number of rotatable bonds is 7. The van der Waals surface area contributed by atoms with Crippen molar-refractivity contribution in [1.82, 2.24) is 0 Å². The molecule has 35 heavy (non-hydrogen) atoms. The molecule has 0 amide bonds. The number of Topliss-reactive ketones (excluding diaryl/α,β-unsaturated/α-hetero) is 1. The number of hydrogen-bond acceptors (Lipinski definition) is 7. The summed E-state index contributed by atoms with van der Waals surface area (Å²) < 4.78 is 36.3. The van der Waals surface area contributed by atoms with Crippen LogP contribution in [0.25, 0.3) is 0 Å². The molecule has 0 aromatic heterocycles. The maximum Gasteiger partial charge on any atom is 0.340 e. The zero-order chi connectivity index (χ0) is 25.1. The number of carbonyl (C=O) groups excluding carboxylic acids is 2. The van der Waals surface area contributed by atoms with E-state index in [2.05, 4.69) is 0 Å². The first-order valence-electron chi connectivity index (χ1n) is 11.2. The van der Waals surface area contributed by atoms with E-state index >= 15 is 0 Å². The van der Waals surface area contributed by atoms with Gasteiger partial charge in [0.05, 0.1) is 24.7 Å². The van der Waals surface area contributed by atoms with Gasteiger partial charge in [-0.15, -0.1) is 0 Å². The van der Waals surface area contributed by atoms with Gasteiger partial charge in [0.25, 0.3) is 0 Å². The minimum Gasteiger partial charge on any atom is -0.490 e. The molecular formula is C26H25ClFNO6. The molecule has 0 saturated carbocycles. The molecule has 0 bridgehead atoms. The number of hydrogen-bond donors (Lipinski definition) is 1. The summed E-state index contributed by atoms with van der Waals surface area (Å²) in [5, 5.41) is 0.168. The molecule has 2 aromatic rings. The van der Waals surface area contributed by atoms with Crippen LogP contribution in [0.15, 0.2) is 59.2 Å². The van der Waals surface area contributed by atoms with Gasteiger partial charge in [-0.05, 0) is 37.1 Å². The molecule has 2 aliphatic rings. The first kappa shape index (κ1) is 24.6. The molecule has 1 atom stereocenters. The van der Waals surface area contributed by atoms with Gasteiger partial charge in [0.2, 0.25) is 5.88 Å². The number of nitrogens with two attached hydrogens (primary N) is 1. The van der Waals surface area contributed by atoms with E-state index in [1.165, 1.54) is 13.2 Å². The number of halogens is 2. The Hall–Kier alpha value is -3.52. The Kier molecular flexibility index (Phi) is 7.31. The third kappa shape index (κ3) is 4.84. The van der Waals surface area contributed by atoms with Gasteiger partial charge in [0.1, 0.15) is 23.8 Å². The molecule has 1 aliphatic heterocycles. The van der Waals surface area contributed by atoms with Crippen LogP contribution in [-0.4, -0.2) is 25.5 Å². The van der Waals surface area contributed by atoms with E-state index in [4.69, 9.17) is 36.3 Å². The molecule has 2 N–H and O–H groups in total. The maximum atomic E-state index is 14.1. The van der Waals surface area contributed by atoms with Gasteiger partial charge in [-0.3, -0.25) is 4.79 Å². The fraction of sp³-hybridized carbons (Fsp3) is 0.308. The van der Waals surface area contributed by atoms with Gasteiger partial charge in [-0.1, -0.05) is 29.8 Å². The molecule has 0 radical (unpaired) electrons. The predicted octanol–water partition coefficient (Wildman–Crippen LogP) is 4.92. The minimum atomic E-state index is -0.851. The second kappa shape index (κ2) is 10.4. The molecule has 0 unspecified atom stereocenters. The number of benzene rings is 2. The Morgan fingerprint density at radius 3 is 2.71 bits per heavy atom. The van der Waals surface area contributed by atoms with E-state index in [-0.39, 0.29) is 40.4 Å². The molecule has 1 heterocycles. The van der Waals surface area contributed by atoms with Crippen molar-refractivity contribution in [3.63, 3.8) is 0 Å². The molecular weight excluding hydrogens is 477 g/mol. The Labute approximate surface area is 207 Å². The summed E-state index contributed by atoms with van der Waals surface area (Å²) in [6.45, 7) is 2.01. The third-order valence-corrected chi connectivity index (χ3v) is 6.17. The van der Waals surface area contributed by atoms with Gasteiger partial charge in [0, 0.05) is 24.0 Å². The van der Waals surface area contributed by atoms with Crippen molar-refractivity contribution in [1.29, 1.82) is 0 Å². The summed E-state index contributed by atoms with van der Waals surface area (Å²) in [5.74, 6) is -1.30. The van der Waals surface area contributed by atoms with Crippen molar-refractivity contribution in [2.45, 2.75) is 38.7 Å². The zero-order valence-electron chi connectivity index (χ0n) is 19.4. The first-order chi connectivity index (χ1) is 16.8. The highest BCUT2D eigenvalue weighted by molar-refractivity contribution is 6.32. The predicted molar refractivity (Wildman–Crippen MR) is 126 cm³/mol. The minimum absolute atomic E-state index is 0.0139. The summed E-state index contributed by atoms with van der Waals surface area (Å²) in [6, 6.07) is 9.48. The molecule has 2 aromatic carbocycles. The highest BCUT2D eigenvalue weighted by Gasteiger charge is 2.41. The monoisotopic (exact) mass is 501 g/mol. The van der Waals surface area contributed by atoms with Crippen LogP contribution in [0.3, 0.4) is 0 Å². The molecule has 9 heteroatoms. The summed E-state index contributed by atoms with van der Waals surface area (Å²) in [6.07, 6.45) is 1.46. The van der Waals surface area contributed by atoms with Gasteiger partial charge >= 0.3 is 5.97 Å². The van der Waals surface area contributed by atoms with Crippen LogP contribution in [0.4, 0.5) is 4.39 Å². The number of carbonyl (C=O) groups is 2. The van der Waals surface area contributed by atoms with E-state index in [1.54, 1.807) is 37.3 Å². The summed E-state index contributed by atoms with van der Waals surface area (Å²) >= 11 is 6.61. The fourth-order valence-electron chi connectivity index (χ4n) is 4.32. The molecule has 7 nitrogen and oxygen atoms in total. The van der Waals surface area contributed by atoms with Crippen molar-refractivity contribution in [2.75, 3.05) is 13.7 Å². The van der Waals surface area contributed by atoms with E-state index in [9.17, 15) is 14.0 Å². The molecule has 1 aliphatic carbocycles. The second-order valence-electron chi connectivity index (χ2n) is 8.06. The summed E-state index contributed by atoms with van der Waals surface area (Å²) in [5.41, 5.74) is 7.32. The Morgan fingerprint density at radius 1 is 1.23 bits per heavy atom. The van der Waals surface area contributed by atoms with Crippen LogP contribution in [-0.2, 0) is 25.7 Å². The number of ether oxygens (including phenoxy) is 4. The fourth-order valence-corrected chi connectivity index (χ4v) is 4.60. The lowest BCUT2D eigenvalue weighted by Gasteiger charge is -2.32. The largest absolute Gasteiger partial charge is 0.490 e. The highest BCUT2D eigenvalue weighted by atomic mass is 35.5. The number of esters is 1. The average Bonchev–Trinajstić information content (AvgIpc) is 2.83. The lowest BCUT2D eigenvalue weighted by molar-refractivity contribution is -0.136. The Morgan fingerprint density at radius 2 is 2.00 bits per heavy atom. The third-order valence-electron chi connectivity index (χ3n) is 5.88. The maximum absolute atomic E-state index is 14.1. The molecule has 0 fully saturated rings. The van der Waals surface area contributed by atoms with Crippen molar-refractivity contribution in [3.8, 4) is 11.5 Å². The summed E-state index contributed by atoms with van der Waals surface area (Å²) in [4.78, 5) is 25.6. The summed E-state index contributed by atoms with van der Waals surface area (Å²) in [7, 11) is 1.23. The topological polar surface area (TPSA) is 97.1 Å². The van der Waals surface area contributed by atoms with E-state index < -0.39 is 17.7 Å². The first-order valence-corrected chi connectivity index (χ1v) is 11.6. The van der Waals surface area contributed by atoms with Crippen molar-refractivity contribution in [3.05, 3.63) is 81.2 Å². The number of allylic oxidation sites excluding steroid dienone is 2. The van der Waals surface area contributed by atoms with Crippen molar-refractivity contribution in [2.24, 2.45) is 5.73 Å². The van der Waals surface area contributed by atoms with E-state index in [0.29, 0.717) is 48.3 Å². The molecule has 0 spiro atoms. The van der Waals surface area contributed by atoms with Gasteiger partial charge in [0.15, 0.2) is 17.3 Å². The Balaban J connectivity index is 1.80. The van der Waals surface area contributed by atoms with Crippen LogP contribution in [0, 0.1) is 5.82 Å². The van der Waals surface area contributed by atoms with Crippen LogP contribution in [0.2, 0.25) is 5.02 Å². The smallest absolute Gasteiger partial charge is 0.340 e. The highest BCUT2D eigenvalue weighted by Crippen LogP contribution is 2.47. The quantitative estimate of drug-likeness (QED) is 0.538. The van der Waals surface area contributed by atoms with Gasteiger partial charge in [-0.25, -0.2) is 9.18 Å². The van der Waals surface area contributed by atoms with Crippen molar-refractivity contribution >= 4 is 23.4 Å². The van der Waals surface area contributed by atoms with E-state index in [0.717, 1.165) is 0 Å². The van der Waals surface area contributed by atoms with Gasteiger partial charge in [-0.2, -0.15) is 0 Å². The number of methoxy groups -OCH3 is 1. The average molecular weight is 502 g/mol. The van der Waals surface area contributed by atoms with Crippen LogP contribution in [0.1, 0.15) is 43.2 Å². The number of ketones is 1. The lowest BCUT2D eigenvalue weighted by Crippen LogP contribution is -2.31. The lowest BCUT2D eigenvalue weighted by atomic mass is 9.77. The van der Waals surface area contributed by atoms with E-state index in [1.807, 2.05) is 0 Å². The standard InChI is InChI=1S/C26H25ClFNO6/c1-3-33-20-12-15(11-16(27)24(20)34-13-14-7-4-5-8-17(14)28)21-22-18(30)9-6-10-19(22)35-25(29)23(21)26(31)32-2/h4-5,7-8,11-12,21H,3,6,9-10,13,29H2,1-2H3/t21-/m0/s1. The zero-order valence-corrected chi connectivity index (χ0v) is 20.1. The van der Waals surface area contributed by atoms with Gasteiger partial charge < -0.3 is 24.7 Å². The second-order valence-corrected chi connectivity index (χ2v) is 8.47. The van der Waals surface area contributed by atoms with Crippen molar-refractivity contribution < 1.29 is 32.9 Å². The Bertz CT molecular complexity index is 1240. The van der Waals surface area contributed by atoms with Crippen LogP contribution >= 0.6 is 11.6 Å². The molecule has 0 saturated heterocycles. The van der Waals surface area contributed by atoms with Crippen LogP contribution in [0.5, 0.6) is 11.5 Å². The molecule has 184 valence electrons.